The molecule has 7 heteroatoms. The first-order valence-corrected chi connectivity index (χ1v) is 7.80. The van der Waals surface area contributed by atoms with E-state index in [-0.39, 0.29) is 11.5 Å². The summed E-state index contributed by atoms with van der Waals surface area (Å²) in [5.74, 6) is -1.96. The Balaban J connectivity index is 1.90. The highest BCUT2D eigenvalue weighted by Gasteiger charge is 2.32. The summed E-state index contributed by atoms with van der Waals surface area (Å²) in [6, 6.07) is 7.04. The summed E-state index contributed by atoms with van der Waals surface area (Å²) >= 11 is 0. The number of carbonyl (C=O) groups is 2. The molecule has 7 nitrogen and oxygen atoms in total. The minimum atomic E-state index is -1.10. The molecule has 1 saturated heterocycles. The summed E-state index contributed by atoms with van der Waals surface area (Å²) < 4.78 is 5.32. The Bertz CT molecular complexity index is 823. The first-order chi connectivity index (χ1) is 11.6. The summed E-state index contributed by atoms with van der Waals surface area (Å²) in [5.41, 5.74) is 0.284. The zero-order valence-corrected chi connectivity index (χ0v) is 13.0. The van der Waals surface area contributed by atoms with E-state index in [2.05, 4.69) is 10.3 Å². The van der Waals surface area contributed by atoms with E-state index in [1.807, 2.05) is 0 Å². The van der Waals surface area contributed by atoms with Crippen LogP contribution in [0.3, 0.4) is 0 Å². The van der Waals surface area contributed by atoms with Crippen molar-refractivity contribution in [3.63, 3.8) is 0 Å². The molecule has 2 atom stereocenters. The van der Waals surface area contributed by atoms with Crippen molar-refractivity contribution in [1.29, 1.82) is 0 Å². The highest BCUT2D eigenvalue weighted by molar-refractivity contribution is 6.06. The van der Waals surface area contributed by atoms with E-state index in [0.29, 0.717) is 30.5 Å². The van der Waals surface area contributed by atoms with Crippen LogP contribution >= 0.6 is 0 Å². The van der Waals surface area contributed by atoms with E-state index < -0.39 is 23.5 Å². The highest BCUT2D eigenvalue weighted by atomic mass is 16.5. The second-order valence-corrected chi connectivity index (χ2v) is 5.86. The number of aromatic nitrogens is 1. The Morgan fingerprint density at radius 1 is 1.33 bits per heavy atom. The van der Waals surface area contributed by atoms with Gasteiger partial charge in [-0.15, -0.1) is 0 Å². The minimum absolute atomic E-state index is 0.164. The first kappa shape index (κ1) is 16.2. The Hall–Kier alpha value is -2.67. The molecule has 24 heavy (non-hydrogen) atoms. The van der Waals surface area contributed by atoms with Crippen LogP contribution in [0.15, 0.2) is 35.1 Å². The molecular weight excluding hydrogens is 312 g/mol. The van der Waals surface area contributed by atoms with Gasteiger partial charge < -0.3 is 20.1 Å². The van der Waals surface area contributed by atoms with Crippen molar-refractivity contribution in [2.24, 2.45) is 5.92 Å². The number of benzene rings is 1. The van der Waals surface area contributed by atoms with E-state index in [4.69, 9.17) is 4.74 Å². The maximum atomic E-state index is 12.6. The second-order valence-electron chi connectivity index (χ2n) is 5.86. The molecule has 2 aromatic rings. The second kappa shape index (κ2) is 6.84. The van der Waals surface area contributed by atoms with Gasteiger partial charge in [0, 0.05) is 29.5 Å². The molecule has 1 aromatic heterocycles. The molecule has 1 aliphatic heterocycles. The van der Waals surface area contributed by atoms with Crippen LogP contribution in [0.25, 0.3) is 10.9 Å². The number of para-hydroxylation sites is 1. The highest BCUT2D eigenvalue weighted by Crippen LogP contribution is 2.19. The fourth-order valence-electron chi connectivity index (χ4n) is 3.02. The van der Waals surface area contributed by atoms with Crippen molar-refractivity contribution in [2.75, 3.05) is 13.2 Å². The Kier molecular flexibility index (Phi) is 4.61. The third kappa shape index (κ3) is 3.30. The molecule has 3 N–H and O–H groups in total. The van der Waals surface area contributed by atoms with Gasteiger partial charge in [-0.2, -0.15) is 0 Å². The van der Waals surface area contributed by atoms with Crippen molar-refractivity contribution >= 4 is 22.8 Å². The average molecular weight is 330 g/mol. The molecular formula is C17H18N2O5. The van der Waals surface area contributed by atoms with Crippen molar-refractivity contribution in [2.45, 2.75) is 18.9 Å². The number of aromatic amines is 1. The number of fused-ring (bicyclic) bond motifs is 1. The van der Waals surface area contributed by atoms with Crippen LogP contribution in [-0.4, -0.2) is 41.2 Å². The number of carboxylic acid groups (broad SMARTS) is 1. The fraction of sp³-hybridized carbons (Fsp3) is 0.353. The van der Waals surface area contributed by atoms with Crippen LogP contribution in [0.5, 0.6) is 0 Å². The number of carbonyl (C=O) groups excluding carboxylic acids is 1. The van der Waals surface area contributed by atoms with Gasteiger partial charge in [0.15, 0.2) is 0 Å². The molecule has 0 saturated carbocycles. The molecule has 0 aliphatic carbocycles. The van der Waals surface area contributed by atoms with Crippen molar-refractivity contribution in [1.82, 2.24) is 10.3 Å². The summed E-state index contributed by atoms with van der Waals surface area (Å²) in [6.07, 6.45) is 1.44. The maximum Gasteiger partial charge on any atom is 0.326 e. The molecule has 0 radical (unpaired) electrons. The molecule has 2 heterocycles. The van der Waals surface area contributed by atoms with Crippen LogP contribution < -0.4 is 10.9 Å². The number of amides is 1. The van der Waals surface area contributed by atoms with Crippen molar-refractivity contribution < 1.29 is 19.4 Å². The smallest absolute Gasteiger partial charge is 0.326 e. The van der Waals surface area contributed by atoms with Crippen LogP contribution in [-0.2, 0) is 9.53 Å². The van der Waals surface area contributed by atoms with Crippen molar-refractivity contribution in [3.05, 3.63) is 46.2 Å². The normalized spacial score (nSPS) is 18.9. The molecule has 1 amide bonds. The predicted molar refractivity (Wildman–Crippen MR) is 87.0 cm³/mol. The number of ether oxygens (including phenoxy) is 1. The number of H-pyrrole nitrogens is 1. The number of hydrogen-bond acceptors (Lipinski definition) is 4. The van der Waals surface area contributed by atoms with Crippen LogP contribution in [0.1, 0.15) is 23.2 Å². The molecule has 1 fully saturated rings. The Morgan fingerprint density at radius 2 is 2.12 bits per heavy atom. The Morgan fingerprint density at radius 3 is 2.83 bits per heavy atom. The molecule has 1 aliphatic rings. The summed E-state index contributed by atoms with van der Waals surface area (Å²) in [5, 5.41) is 12.6. The van der Waals surface area contributed by atoms with Gasteiger partial charge in [-0.1, -0.05) is 18.2 Å². The monoisotopic (exact) mass is 330 g/mol. The van der Waals surface area contributed by atoms with E-state index in [1.54, 1.807) is 24.3 Å². The molecule has 1 aromatic carbocycles. The molecule has 126 valence electrons. The molecule has 3 rings (SSSR count). The van der Waals surface area contributed by atoms with E-state index >= 15 is 0 Å². The number of pyridine rings is 1. The number of hydrogen-bond donors (Lipinski definition) is 3. The van der Waals surface area contributed by atoms with Gasteiger partial charge in [0.05, 0.1) is 12.2 Å². The van der Waals surface area contributed by atoms with E-state index in [9.17, 15) is 19.5 Å². The van der Waals surface area contributed by atoms with Gasteiger partial charge in [-0.3, -0.25) is 9.59 Å². The van der Waals surface area contributed by atoms with Crippen LogP contribution in [0.2, 0.25) is 0 Å². The standard InChI is InChI=1S/C17H18N2O5/c20-14-8-12(11-5-1-2-6-13(11)18-14)16(21)19-15(17(22)23)10-4-3-7-24-9-10/h1-2,5-6,8,10,15H,3-4,7,9H2,(H,18,20)(H,19,21)(H,22,23). The lowest BCUT2D eigenvalue weighted by Gasteiger charge is -2.28. The fourth-order valence-corrected chi connectivity index (χ4v) is 3.02. The average Bonchev–Trinajstić information content (AvgIpc) is 2.59. The van der Waals surface area contributed by atoms with Crippen LogP contribution in [0.4, 0.5) is 0 Å². The Labute approximate surface area is 137 Å². The van der Waals surface area contributed by atoms with Crippen LogP contribution in [0, 0.1) is 5.92 Å². The molecule has 0 spiro atoms. The number of nitrogens with one attached hydrogen (secondary N) is 2. The zero-order valence-electron chi connectivity index (χ0n) is 13.0. The summed E-state index contributed by atoms with van der Waals surface area (Å²) in [4.78, 5) is 38.6. The first-order valence-electron chi connectivity index (χ1n) is 7.80. The predicted octanol–water partition coefficient (Wildman–Crippen LogP) is 1.14. The largest absolute Gasteiger partial charge is 0.480 e. The quantitative estimate of drug-likeness (QED) is 0.779. The lowest BCUT2D eigenvalue weighted by Crippen LogP contribution is -2.48. The van der Waals surface area contributed by atoms with E-state index in [0.717, 1.165) is 6.42 Å². The van der Waals surface area contributed by atoms with Gasteiger partial charge in [0.25, 0.3) is 5.91 Å². The van der Waals surface area contributed by atoms with Gasteiger partial charge in [0.1, 0.15) is 6.04 Å². The van der Waals surface area contributed by atoms with E-state index in [1.165, 1.54) is 6.07 Å². The lowest BCUT2D eigenvalue weighted by atomic mass is 9.93. The summed E-state index contributed by atoms with van der Waals surface area (Å²) in [6.45, 7) is 0.906. The van der Waals surface area contributed by atoms with Gasteiger partial charge in [0.2, 0.25) is 5.56 Å². The van der Waals surface area contributed by atoms with Gasteiger partial charge >= 0.3 is 5.97 Å². The topological polar surface area (TPSA) is 108 Å². The third-order valence-electron chi connectivity index (χ3n) is 4.21. The number of carboxylic acids is 1. The van der Waals surface area contributed by atoms with Gasteiger partial charge in [-0.05, 0) is 18.9 Å². The summed E-state index contributed by atoms with van der Waals surface area (Å²) in [7, 11) is 0. The molecule has 2 unspecified atom stereocenters. The maximum absolute atomic E-state index is 12.6. The number of rotatable bonds is 4. The molecule has 0 bridgehead atoms. The van der Waals surface area contributed by atoms with Crippen molar-refractivity contribution in [3.8, 4) is 0 Å². The van der Waals surface area contributed by atoms with Gasteiger partial charge in [-0.25, -0.2) is 4.79 Å². The zero-order chi connectivity index (χ0) is 17.1. The number of aliphatic carboxylic acids is 1. The lowest BCUT2D eigenvalue weighted by molar-refractivity contribution is -0.142. The SMILES string of the molecule is O=C(NC(C(=O)O)C1CCCOC1)c1cc(=O)[nH]c2ccccc12. The third-order valence-corrected chi connectivity index (χ3v) is 4.21. The minimum Gasteiger partial charge on any atom is -0.480 e.